The van der Waals surface area contributed by atoms with Gasteiger partial charge >= 0.3 is 0 Å². The van der Waals surface area contributed by atoms with E-state index in [4.69, 9.17) is 4.74 Å². The highest BCUT2D eigenvalue weighted by Gasteiger charge is 2.21. The highest BCUT2D eigenvalue weighted by Crippen LogP contribution is 2.07. The summed E-state index contributed by atoms with van der Waals surface area (Å²) < 4.78 is 5.88. The van der Waals surface area contributed by atoms with Crippen molar-refractivity contribution in [2.24, 2.45) is 10.9 Å². The summed E-state index contributed by atoms with van der Waals surface area (Å²) in [6, 6.07) is 0.615. The zero-order valence-electron chi connectivity index (χ0n) is 16.6. The average Bonchev–Trinajstić information content (AvgIpc) is 2.56. The van der Waals surface area contributed by atoms with Crippen LogP contribution in [-0.4, -0.2) is 87.9 Å². The van der Waals surface area contributed by atoms with Gasteiger partial charge in [0.05, 0.1) is 12.7 Å². The normalized spacial score (nSPS) is 21.3. The molecule has 142 valence electrons. The number of nitrogens with one attached hydrogen (secondary N) is 2. The fraction of sp³-hybridized carbons (Fsp3) is 0.944. The van der Waals surface area contributed by atoms with Crippen LogP contribution >= 0.6 is 0 Å². The lowest BCUT2D eigenvalue weighted by molar-refractivity contribution is -0.0284. The molecule has 1 aliphatic rings. The van der Waals surface area contributed by atoms with Gasteiger partial charge in [-0.15, -0.1) is 0 Å². The van der Waals surface area contributed by atoms with Crippen LogP contribution in [0.25, 0.3) is 0 Å². The number of hydrogen-bond acceptors (Lipinski definition) is 4. The molecule has 0 amide bonds. The Kier molecular flexibility index (Phi) is 10.3. The number of hydrogen-bond donors (Lipinski definition) is 2. The topological polar surface area (TPSA) is 52.1 Å². The van der Waals surface area contributed by atoms with Crippen LogP contribution in [0.15, 0.2) is 4.99 Å². The molecule has 2 N–H and O–H groups in total. The SMILES string of the molecule is CCC(C)N(C)CCNC(=NC)NCC1CN(CC(C)C)CCO1. The summed E-state index contributed by atoms with van der Waals surface area (Å²) in [5.74, 6) is 1.56. The molecule has 1 saturated heterocycles. The first kappa shape index (κ1) is 21.2. The van der Waals surface area contributed by atoms with E-state index in [1.807, 2.05) is 7.05 Å². The molecule has 1 heterocycles. The van der Waals surface area contributed by atoms with Crippen LogP contribution in [0.4, 0.5) is 0 Å². The summed E-state index contributed by atoms with van der Waals surface area (Å²) in [6.45, 7) is 15.7. The van der Waals surface area contributed by atoms with Gasteiger partial charge in [0.2, 0.25) is 0 Å². The third-order valence-electron chi connectivity index (χ3n) is 4.67. The lowest BCUT2D eigenvalue weighted by Gasteiger charge is -2.34. The van der Waals surface area contributed by atoms with Crippen molar-refractivity contribution in [1.82, 2.24) is 20.4 Å². The maximum Gasteiger partial charge on any atom is 0.191 e. The molecule has 0 spiro atoms. The van der Waals surface area contributed by atoms with E-state index < -0.39 is 0 Å². The Morgan fingerprint density at radius 1 is 1.33 bits per heavy atom. The van der Waals surface area contributed by atoms with Crippen LogP contribution in [0.3, 0.4) is 0 Å². The van der Waals surface area contributed by atoms with Gasteiger partial charge < -0.3 is 20.3 Å². The van der Waals surface area contributed by atoms with Gasteiger partial charge in [-0.2, -0.15) is 0 Å². The van der Waals surface area contributed by atoms with Crippen LogP contribution in [0, 0.1) is 5.92 Å². The van der Waals surface area contributed by atoms with E-state index in [-0.39, 0.29) is 6.10 Å². The minimum atomic E-state index is 0.235. The van der Waals surface area contributed by atoms with Crippen LogP contribution in [-0.2, 0) is 4.74 Å². The van der Waals surface area contributed by atoms with Crippen LogP contribution in [0.2, 0.25) is 0 Å². The van der Waals surface area contributed by atoms with E-state index in [0.29, 0.717) is 12.0 Å². The molecule has 0 aromatic heterocycles. The smallest absolute Gasteiger partial charge is 0.191 e. The van der Waals surface area contributed by atoms with Crippen molar-refractivity contribution in [2.45, 2.75) is 46.3 Å². The summed E-state index contributed by atoms with van der Waals surface area (Å²) in [7, 11) is 3.99. The fourth-order valence-electron chi connectivity index (χ4n) is 2.90. The summed E-state index contributed by atoms with van der Waals surface area (Å²) in [5.41, 5.74) is 0. The lowest BCUT2D eigenvalue weighted by Crippen LogP contribution is -2.50. The van der Waals surface area contributed by atoms with Gasteiger partial charge in [0.15, 0.2) is 5.96 Å². The van der Waals surface area contributed by atoms with Gasteiger partial charge in [0.25, 0.3) is 0 Å². The molecule has 0 aromatic rings. The third kappa shape index (κ3) is 8.31. The van der Waals surface area contributed by atoms with Crippen molar-refractivity contribution in [3.63, 3.8) is 0 Å². The zero-order chi connectivity index (χ0) is 17.9. The number of rotatable bonds is 9. The summed E-state index contributed by atoms with van der Waals surface area (Å²) >= 11 is 0. The first-order chi connectivity index (χ1) is 11.5. The standard InChI is InChI=1S/C18H39N5O/c1-7-16(4)22(6)9-8-20-18(19-5)21-12-17-14-23(10-11-24-17)13-15(2)3/h15-17H,7-14H2,1-6H3,(H2,19,20,21). The Bertz CT molecular complexity index is 361. The summed E-state index contributed by atoms with van der Waals surface area (Å²) in [6.07, 6.45) is 1.41. The first-order valence-electron chi connectivity index (χ1n) is 9.44. The molecule has 6 nitrogen and oxygen atoms in total. The van der Waals surface area contributed by atoms with E-state index >= 15 is 0 Å². The van der Waals surface area contributed by atoms with Crippen LogP contribution < -0.4 is 10.6 Å². The molecule has 1 fully saturated rings. The molecule has 24 heavy (non-hydrogen) atoms. The largest absolute Gasteiger partial charge is 0.374 e. The Hall–Kier alpha value is -0.850. The van der Waals surface area contributed by atoms with Crippen molar-refractivity contribution in [2.75, 3.05) is 60.0 Å². The molecule has 0 aromatic carbocycles. The molecule has 2 unspecified atom stereocenters. The Morgan fingerprint density at radius 3 is 2.71 bits per heavy atom. The van der Waals surface area contributed by atoms with E-state index in [1.165, 1.54) is 6.42 Å². The summed E-state index contributed by atoms with van der Waals surface area (Å²) in [5, 5.41) is 6.79. The third-order valence-corrected chi connectivity index (χ3v) is 4.67. The van der Waals surface area contributed by atoms with Crippen molar-refractivity contribution in [3.05, 3.63) is 0 Å². The highest BCUT2D eigenvalue weighted by molar-refractivity contribution is 5.79. The second kappa shape index (κ2) is 11.7. The zero-order valence-corrected chi connectivity index (χ0v) is 16.6. The second-order valence-electron chi connectivity index (χ2n) is 7.26. The average molecular weight is 342 g/mol. The van der Waals surface area contributed by atoms with Gasteiger partial charge in [-0.05, 0) is 26.3 Å². The quantitative estimate of drug-likeness (QED) is 0.488. The van der Waals surface area contributed by atoms with Crippen LogP contribution in [0.5, 0.6) is 0 Å². The Labute approximate surface area is 149 Å². The van der Waals surface area contributed by atoms with E-state index in [2.05, 4.69) is 60.2 Å². The molecule has 0 aliphatic carbocycles. The molecule has 2 atom stereocenters. The summed E-state index contributed by atoms with van der Waals surface area (Å²) in [4.78, 5) is 9.18. The van der Waals surface area contributed by atoms with Gasteiger partial charge in [0, 0.05) is 52.4 Å². The van der Waals surface area contributed by atoms with Crippen molar-refractivity contribution in [3.8, 4) is 0 Å². The predicted molar refractivity (Wildman–Crippen MR) is 103 cm³/mol. The van der Waals surface area contributed by atoms with Gasteiger partial charge in [-0.3, -0.25) is 9.89 Å². The predicted octanol–water partition coefficient (Wildman–Crippen LogP) is 1.24. The van der Waals surface area contributed by atoms with Crippen molar-refractivity contribution in [1.29, 1.82) is 0 Å². The number of morpholine rings is 1. The Balaban J connectivity index is 2.26. The monoisotopic (exact) mass is 341 g/mol. The molecule has 6 heteroatoms. The van der Waals surface area contributed by atoms with Crippen molar-refractivity contribution < 1.29 is 4.74 Å². The molecule has 0 saturated carbocycles. The fourth-order valence-corrected chi connectivity index (χ4v) is 2.90. The maximum atomic E-state index is 5.88. The molecular weight excluding hydrogens is 302 g/mol. The number of aliphatic imine (C=N–C) groups is 1. The maximum absolute atomic E-state index is 5.88. The second-order valence-corrected chi connectivity index (χ2v) is 7.26. The van der Waals surface area contributed by atoms with Crippen LogP contribution in [0.1, 0.15) is 34.1 Å². The minimum absolute atomic E-state index is 0.235. The minimum Gasteiger partial charge on any atom is -0.374 e. The van der Waals surface area contributed by atoms with Gasteiger partial charge in [0.1, 0.15) is 0 Å². The van der Waals surface area contributed by atoms with Gasteiger partial charge in [-0.1, -0.05) is 20.8 Å². The van der Waals surface area contributed by atoms with E-state index in [1.54, 1.807) is 0 Å². The molecule has 1 aliphatic heterocycles. The van der Waals surface area contributed by atoms with Gasteiger partial charge in [-0.25, -0.2) is 0 Å². The molecule has 1 rings (SSSR count). The van der Waals surface area contributed by atoms with E-state index in [9.17, 15) is 0 Å². The highest BCUT2D eigenvalue weighted by atomic mass is 16.5. The Morgan fingerprint density at radius 2 is 2.08 bits per heavy atom. The molecular formula is C18H39N5O. The first-order valence-corrected chi connectivity index (χ1v) is 9.44. The number of guanidine groups is 1. The van der Waals surface area contributed by atoms with E-state index in [0.717, 1.165) is 51.8 Å². The lowest BCUT2D eigenvalue weighted by atomic mass is 10.2. The number of nitrogens with zero attached hydrogens (tertiary/aromatic N) is 3. The number of ether oxygens (including phenoxy) is 1. The molecule has 0 bridgehead atoms. The van der Waals surface area contributed by atoms with Crippen molar-refractivity contribution >= 4 is 5.96 Å². The molecule has 0 radical (unpaired) electrons. The number of likely N-dealkylation sites (N-methyl/N-ethyl adjacent to an activating group) is 1.